The lowest BCUT2D eigenvalue weighted by atomic mass is 9.98. The van der Waals surface area contributed by atoms with Gasteiger partial charge in [-0.05, 0) is 94.6 Å². The van der Waals surface area contributed by atoms with Crippen molar-refractivity contribution in [3.05, 3.63) is 188 Å². The van der Waals surface area contributed by atoms with E-state index in [1.807, 2.05) is 18.2 Å². The molecule has 238 valence electrons. The van der Waals surface area contributed by atoms with Crippen LogP contribution in [0, 0.1) is 0 Å². The molecule has 1 aliphatic carbocycles. The van der Waals surface area contributed by atoms with Crippen LogP contribution in [-0.2, 0) is 0 Å². The van der Waals surface area contributed by atoms with Gasteiger partial charge in [0.05, 0.1) is 5.69 Å². The molecule has 0 saturated carbocycles. The highest BCUT2D eigenvalue weighted by atomic mass is 16.3. The van der Waals surface area contributed by atoms with Crippen LogP contribution in [0.5, 0.6) is 0 Å². The van der Waals surface area contributed by atoms with E-state index in [9.17, 15) is 0 Å². The molecule has 0 amide bonds. The van der Waals surface area contributed by atoms with Gasteiger partial charge >= 0.3 is 0 Å². The highest BCUT2D eigenvalue weighted by Gasteiger charge is 2.18. The first-order chi connectivity index (χ1) is 24.8. The third-order valence-corrected chi connectivity index (χ3v) is 9.56. The van der Waals surface area contributed by atoms with Crippen molar-refractivity contribution >= 4 is 44.5 Å². The number of nitrogens with zero attached hydrogens (tertiary/aromatic N) is 2. The van der Waals surface area contributed by atoms with Gasteiger partial charge in [0.25, 0.3) is 0 Å². The first-order valence-electron chi connectivity index (χ1n) is 17.2. The van der Waals surface area contributed by atoms with Crippen molar-refractivity contribution in [2.24, 2.45) is 0 Å². The molecule has 9 rings (SSSR count). The maximum absolute atomic E-state index is 6.19. The first kappa shape index (κ1) is 29.7. The first-order valence-corrected chi connectivity index (χ1v) is 17.2. The molecule has 50 heavy (non-hydrogen) atoms. The summed E-state index contributed by atoms with van der Waals surface area (Å²) in [6, 6.07) is 58.0. The van der Waals surface area contributed by atoms with E-state index >= 15 is 0 Å². The molecule has 0 aliphatic heterocycles. The van der Waals surface area contributed by atoms with E-state index in [0.717, 1.165) is 68.5 Å². The lowest BCUT2D eigenvalue weighted by Gasteiger charge is -2.28. The summed E-state index contributed by atoms with van der Waals surface area (Å²) in [5.74, 6) is 0.632. The zero-order valence-electron chi connectivity index (χ0n) is 27.5. The third-order valence-electron chi connectivity index (χ3n) is 9.56. The fourth-order valence-corrected chi connectivity index (χ4v) is 6.98. The Bertz CT molecular complexity index is 2510. The van der Waals surface area contributed by atoms with Crippen LogP contribution in [0.25, 0.3) is 61.2 Å². The smallest absolute Gasteiger partial charge is 0.227 e. The standard InChI is InChI=1S/C47H34N2O/c1-3-11-33(12-4-1)35-23-28-40(29-24-35)49(44-18-10-9-16-42(44)37-13-5-2-6-14-37)41-30-25-36(26-31-41)34-19-21-39(22-20-34)47-48-46-43-17-8-7-15-38(43)27-32-45(46)50-47/h2-3,5-32H,1,4H2. The Hall–Kier alpha value is -6.45. The molecular formula is C47H34N2O. The summed E-state index contributed by atoms with van der Waals surface area (Å²) in [4.78, 5) is 7.25. The molecule has 0 bridgehead atoms. The SMILES string of the molecule is C1=CC(c2ccc(N(c3ccc(-c4ccc(-c5nc6c(ccc7ccccc76)o5)cc4)cc3)c3ccccc3-c3ccccc3)cc2)=CCC1. The Kier molecular flexibility index (Phi) is 7.64. The van der Waals surface area contributed by atoms with Crippen LogP contribution in [-0.4, -0.2) is 4.98 Å². The summed E-state index contributed by atoms with van der Waals surface area (Å²) in [5, 5.41) is 2.26. The summed E-state index contributed by atoms with van der Waals surface area (Å²) in [7, 11) is 0. The van der Waals surface area contributed by atoms with Crippen molar-refractivity contribution < 1.29 is 4.42 Å². The number of anilines is 3. The second-order valence-corrected chi connectivity index (χ2v) is 12.7. The average Bonchev–Trinajstić information content (AvgIpc) is 3.65. The average molecular weight is 643 g/mol. The predicted molar refractivity (Wildman–Crippen MR) is 209 cm³/mol. The molecular weight excluding hydrogens is 609 g/mol. The number of hydrogen-bond acceptors (Lipinski definition) is 3. The highest BCUT2D eigenvalue weighted by molar-refractivity contribution is 6.04. The van der Waals surface area contributed by atoms with E-state index in [0.29, 0.717) is 5.89 Å². The van der Waals surface area contributed by atoms with Crippen LogP contribution in [0.2, 0.25) is 0 Å². The lowest BCUT2D eigenvalue weighted by molar-refractivity contribution is 0.620. The molecule has 0 saturated heterocycles. The minimum Gasteiger partial charge on any atom is -0.436 e. The molecule has 7 aromatic carbocycles. The van der Waals surface area contributed by atoms with Gasteiger partial charge in [-0.3, -0.25) is 0 Å². The largest absolute Gasteiger partial charge is 0.436 e. The fraction of sp³-hybridized carbons (Fsp3) is 0.0426. The van der Waals surface area contributed by atoms with Crippen molar-refractivity contribution in [2.45, 2.75) is 12.8 Å². The minimum atomic E-state index is 0.632. The molecule has 0 spiro atoms. The van der Waals surface area contributed by atoms with Crippen LogP contribution in [0.4, 0.5) is 17.1 Å². The van der Waals surface area contributed by atoms with Gasteiger partial charge in [-0.25, -0.2) is 4.98 Å². The van der Waals surface area contributed by atoms with Gasteiger partial charge in [0.2, 0.25) is 5.89 Å². The van der Waals surface area contributed by atoms with E-state index in [-0.39, 0.29) is 0 Å². The van der Waals surface area contributed by atoms with Crippen LogP contribution in [0.1, 0.15) is 18.4 Å². The van der Waals surface area contributed by atoms with Gasteiger partial charge in [0.15, 0.2) is 5.58 Å². The quantitative estimate of drug-likeness (QED) is 0.173. The monoisotopic (exact) mass is 642 g/mol. The number of benzene rings is 7. The molecule has 0 N–H and O–H groups in total. The van der Waals surface area contributed by atoms with Crippen LogP contribution in [0.15, 0.2) is 186 Å². The van der Waals surface area contributed by atoms with Crippen molar-refractivity contribution in [3.8, 4) is 33.7 Å². The molecule has 3 nitrogen and oxygen atoms in total. The Morgan fingerprint density at radius 2 is 1.14 bits per heavy atom. The molecule has 1 aromatic heterocycles. The number of hydrogen-bond donors (Lipinski definition) is 0. The van der Waals surface area contributed by atoms with Gasteiger partial charge in [-0.2, -0.15) is 0 Å². The maximum Gasteiger partial charge on any atom is 0.227 e. The van der Waals surface area contributed by atoms with Crippen LogP contribution < -0.4 is 4.90 Å². The molecule has 0 fully saturated rings. The minimum absolute atomic E-state index is 0.632. The lowest BCUT2D eigenvalue weighted by Crippen LogP contribution is -2.11. The summed E-state index contributed by atoms with van der Waals surface area (Å²) in [5.41, 5.74) is 13.2. The van der Waals surface area contributed by atoms with Crippen molar-refractivity contribution in [3.63, 3.8) is 0 Å². The van der Waals surface area contributed by atoms with Gasteiger partial charge < -0.3 is 9.32 Å². The molecule has 0 unspecified atom stereocenters. The van der Waals surface area contributed by atoms with Gasteiger partial charge in [-0.15, -0.1) is 0 Å². The molecule has 0 radical (unpaired) electrons. The number of oxazole rings is 1. The Morgan fingerprint density at radius 3 is 1.88 bits per heavy atom. The second-order valence-electron chi connectivity index (χ2n) is 12.7. The number of fused-ring (bicyclic) bond motifs is 3. The highest BCUT2D eigenvalue weighted by Crippen LogP contribution is 2.42. The zero-order chi connectivity index (χ0) is 33.3. The van der Waals surface area contributed by atoms with Gasteiger partial charge in [-0.1, -0.05) is 133 Å². The summed E-state index contributed by atoms with van der Waals surface area (Å²) >= 11 is 0. The number of aromatic nitrogens is 1. The normalized spacial score (nSPS) is 12.7. The second kappa shape index (κ2) is 12.9. The molecule has 0 atom stereocenters. The number of allylic oxidation sites excluding steroid dienone is 4. The molecule has 1 heterocycles. The van der Waals surface area contributed by atoms with E-state index in [1.54, 1.807) is 0 Å². The summed E-state index contributed by atoms with van der Waals surface area (Å²) < 4.78 is 6.19. The van der Waals surface area contributed by atoms with Gasteiger partial charge in [0, 0.05) is 27.9 Å². The molecule has 1 aliphatic rings. The fourth-order valence-electron chi connectivity index (χ4n) is 6.98. The number of rotatable bonds is 7. The third kappa shape index (κ3) is 5.59. The van der Waals surface area contributed by atoms with Crippen molar-refractivity contribution in [1.29, 1.82) is 0 Å². The topological polar surface area (TPSA) is 29.3 Å². The summed E-state index contributed by atoms with van der Waals surface area (Å²) in [6.07, 6.45) is 9.03. The Balaban J connectivity index is 1.06. The van der Waals surface area contributed by atoms with E-state index in [4.69, 9.17) is 9.40 Å². The van der Waals surface area contributed by atoms with Gasteiger partial charge in [0.1, 0.15) is 5.52 Å². The number of para-hydroxylation sites is 1. The zero-order valence-corrected chi connectivity index (χ0v) is 27.5. The van der Waals surface area contributed by atoms with E-state index in [1.165, 1.54) is 22.3 Å². The Morgan fingerprint density at radius 1 is 0.500 bits per heavy atom. The molecule has 8 aromatic rings. The van der Waals surface area contributed by atoms with Crippen molar-refractivity contribution in [1.82, 2.24) is 4.98 Å². The van der Waals surface area contributed by atoms with E-state index < -0.39 is 0 Å². The van der Waals surface area contributed by atoms with Crippen molar-refractivity contribution in [2.75, 3.05) is 4.90 Å². The van der Waals surface area contributed by atoms with E-state index in [2.05, 4.69) is 169 Å². The van der Waals surface area contributed by atoms with Crippen LogP contribution >= 0.6 is 0 Å². The molecule has 3 heteroatoms. The van der Waals surface area contributed by atoms with Crippen LogP contribution in [0.3, 0.4) is 0 Å². The maximum atomic E-state index is 6.19. The summed E-state index contributed by atoms with van der Waals surface area (Å²) in [6.45, 7) is 0. The predicted octanol–water partition coefficient (Wildman–Crippen LogP) is 13.2. The Labute approximate surface area is 292 Å².